The average Bonchev–Trinajstić information content (AvgIpc) is 2.43. The fraction of sp³-hybridized carbons (Fsp3) is 0.467. The van der Waals surface area contributed by atoms with Crippen molar-refractivity contribution in [1.82, 2.24) is 4.90 Å². The van der Waals surface area contributed by atoms with E-state index in [1.807, 2.05) is 0 Å². The van der Waals surface area contributed by atoms with Gasteiger partial charge in [0, 0.05) is 6.54 Å². The zero-order chi connectivity index (χ0) is 15.6. The lowest BCUT2D eigenvalue weighted by Gasteiger charge is -2.41. The van der Waals surface area contributed by atoms with Crippen molar-refractivity contribution in [3.8, 4) is 0 Å². The number of urea groups is 1. The number of piperidine rings is 1. The van der Waals surface area contributed by atoms with Crippen molar-refractivity contribution in [2.45, 2.75) is 38.6 Å². The summed E-state index contributed by atoms with van der Waals surface area (Å²) in [4.78, 5) is 25.1. The van der Waals surface area contributed by atoms with Crippen LogP contribution in [0.25, 0.3) is 0 Å². The molecule has 1 aliphatic heterocycles. The summed E-state index contributed by atoms with van der Waals surface area (Å²) in [5.74, 6) is -1.57. The van der Waals surface area contributed by atoms with Crippen LogP contribution >= 0.6 is 0 Å². The number of aliphatic carboxylic acids is 1. The molecule has 0 bridgehead atoms. The van der Waals surface area contributed by atoms with Crippen molar-refractivity contribution in [2.24, 2.45) is 0 Å². The standard InChI is InChI=1S/C15H19FN2O3/c1-10-6-5-7-11(16)12(10)17-14(21)18-9-4-3-8-15(18,2)13(19)20/h5-7H,3-4,8-9H2,1-2H3,(H,17,21)(H,19,20). The van der Waals surface area contributed by atoms with Crippen LogP contribution in [0, 0.1) is 12.7 Å². The third-order valence-corrected chi connectivity index (χ3v) is 4.05. The number of halogens is 1. The highest BCUT2D eigenvalue weighted by Gasteiger charge is 2.44. The maximum atomic E-state index is 13.8. The minimum Gasteiger partial charge on any atom is -0.480 e. The Hall–Kier alpha value is -2.11. The van der Waals surface area contributed by atoms with Crippen molar-refractivity contribution >= 4 is 17.7 Å². The van der Waals surface area contributed by atoms with Gasteiger partial charge in [-0.3, -0.25) is 0 Å². The second-order valence-electron chi connectivity index (χ2n) is 5.55. The first kappa shape index (κ1) is 15.3. The minimum atomic E-state index is -1.25. The second-order valence-corrected chi connectivity index (χ2v) is 5.55. The van der Waals surface area contributed by atoms with Crippen LogP contribution in [0.4, 0.5) is 14.9 Å². The fourth-order valence-corrected chi connectivity index (χ4v) is 2.63. The molecule has 114 valence electrons. The molecule has 0 spiro atoms. The number of benzene rings is 1. The van der Waals surface area contributed by atoms with E-state index in [4.69, 9.17) is 0 Å². The molecule has 1 aromatic carbocycles. The number of anilines is 1. The van der Waals surface area contributed by atoms with E-state index in [1.54, 1.807) is 19.1 Å². The zero-order valence-electron chi connectivity index (χ0n) is 12.1. The summed E-state index contributed by atoms with van der Waals surface area (Å²) >= 11 is 0. The molecule has 1 unspecified atom stereocenters. The predicted molar refractivity (Wildman–Crippen MR) is 76.8 cm³/mol. The number of para-hydroxylation sites is 1. The van der Waals surface area contributed by atoms with Gasteiger partial charge in [-0.15, -0.1) is 0 Å². The number of likely N-dealkylation sites (tertiary alicyclic amines) is 1. The Morgan fingerprint density at radius 1 is 1.38 bits per heavy atom. The van der Waals surface area contributed by atoms with E-state index >= 15 is 0 Å². The molecule has 0 saturated carbocycles. The quantitative estimate of drug-likeness (QED) is 0.881. The van der Waals surface area contributed by atoms with Gasteiger partial charge in [0.05, 0.1) is 5.69 Å². The van der Waals surface area contributed by atoms with Crippen LogP contribution in [-0.4, -0.2) is 34.1 Å². The van der Waals surface area contributed by atoms with Gasteiger partial charge in [-0.2, -0.15) is 0 Å². The lowest BCUT2D eigenvalue weighted by atomic mass is 9.89. The molecule has 0 aromatic heterocycles. The molecule has 0 radical (unpaired) electrons. The van der Waals surface area contributed by atoms with Gasteiger partial charge in [0.1, 0.15) is 11.4 Å². The summed E-state index contributed by atoms with van der Waals surface area (Å²) in [7, 11) is 0. The van der Waals surface area contributed by atoms with Gasteiger partial charge in [0.25, 0.3) is 0 Å². The van der Waals surface area contributed by atoms with Gasteiger partial charge in [-0.05, 0) is 44.7 Å². The minimum absolute atomic E-state index is 0.0980. The number of amides is 2. The maximum Gasteiger partial charge on any atom is 0.329 e. The average molecular weight is 294 g/mol. The molecule has 1 aliphatic rings. The van der Waals surface area contributed by atoms with E-state index in [0.717, 1.165) is 12.8 Å². The van der Waals surface area contributed by atoms with Gasteiger partial charge in [-0.1, -0.05) is 12.1 Å². The third kappa shape index (κ3) is 2.84. The van der Waals surface area contributed by atoms with Crippen molar-refractivity contribution < 1.29 is 19.1 Å². The summed E-state index contributed by atoms with van der Waals surface area (Å²) in [6.07, 6.45) is 1.89. The molecule has 2 N–H and O–H groups in total. The van der Waals surface area contributed by atoms with E-state index in [1.165, 1.54) is 17.9 Å². The SMILES string of the molecule is Cc1cccc(F)c1NC(=O)N1CCCCC1(C)C(=O)O. The molecule has 0 aliphatic carbocycles. The van der Waals surface area contributed by atoms with Gasteiger partial charge in [0.15, 0.2) is 0 Å². The van der Waals surface area contributed by atoms with Gasteiger partial charge >= 0.3 is 12.0 Å². The Labute approximate surface area is 122 Å². The number of aryl methyl sites for hydroxylation is 1. The number of carbonyl (C=O) groups excluding carboxylic acids is 1. The predicted octanol–water partition coefficient (Wildman–Crippen LogP) is 3.00. The first-order chi connectivity index (χ1) is 9.86. The lowest BCUT2D eigenvalue weighted by Crippen LogP contribution is -2.58. The monoisotopic (exact) mass is 294 g/mol. The number of carbonyl (C=O) groups is 2. The number of nitrogens with zero attached hydrogens (tertiary/aromatic N) is 1. The van der Waals surface area contributed by atoms with Gasteiger partial charge < -0.3 is 15.3 Å². The van der Waals surface area contributed by atoms with Gasteiger partial charge in [0.2, 0.25) is 0 Å². The van der Waals surface area contributed by atoms with Crippen LogP contribution in [0.1, 0.15) is 31.7 Å². The molecule has 1 atom stereocenters. The first-order valence-electron chi connectivity index (χ1n) is 6.93. The van der Waals surface area contributed by atoms with Crippen LogP contribution in [0.2, 0.25) is 0 Å². The van der Waals surface area contributed by atoms with Crippen LogP contribution in [-0.2, 0) is 4.79 Å². The maximum absolute atomic E-state index is 13.8. The Bertz CT molecular complexity index is 556. The molecule has 6 heteroatoms. The summed E-state index contributed by atoms with van der Waals surface area (Å²) in [6, 6.07) is 3.93. The number of hydrogen-bond donors (Lipinski definition) is 2. The number of rotatable bonds is 2. The van der Waals surface area contributed by atoms with Crippen molar-refractivity contribution in [2.75, 3.05) is 11.9 Å². The molecular weight excluding hydrogens is 275 g/mol. The lowest BCUT2D eigenvalue weighted by molar-refractivity contribution is -0.150. The first-order valence-corrected chi connectivity index (χ1v) is 6.93. The van der Waals surface area contributed by atoms with E-state index in [9.17, 15) is 19.1 Å². The molecule has 1 fully saturated rings. The summed E-state index contributed by atoms with van der Waals surface area (Å²) in [6.45, 7) is 3.57. The highest BCUT2D eigenvalue weighted by Crippen LogP contribution is 2.29. The Morgan fingerprint density at radius 3 is 2.71 bits per heavy atom. The Balaban J connectivity index is 2.24. The number of hydrogen-bond acceptors (Lipinski definition) is 2. The topological polar surface area (TPSA) is 69.6 Å². The number of carboxylic acids is 1. The van der Waals surface area contributed by atoms with Crippen molar-refractivity contribution in [1.29, 1.82) is 0 Å². The van der Waals surface area contributed by atoms with Crippen LogP contribution in [0.3, 0.4) is 0 Å². The van der Waals surface area contributed by atoms with Crippen LogP contribution < -0.4 is 5.32 Å². The summed E-state index contributed by atoms with van der Waals surface area (Å²) in [5, 5.41) is 11.9. The molecular formula is C15H19FN2O3. The zero-order valence-corrected chi connectivity index (χ0v) is 12.1. The summed E-state index contributed by atoms with van der Waals surface area (Å²) in [5.41, 5.74) is -0.556. The highest BCUT2D eigenvalue weighted by molar-refractivity contribution is 5.94. The van der Waals surface area contributed by atoms with E-state index in [0.29, 0.717) is 18.5 Å². The van der Waals surface area contributed by atoms with Crippen molar-refractivity contribution in [3.05, 3.63) is 29.6 Å². The van der Waals surface area contributed by atoms with Gasteiger partial charge in [-0.25, -0.2) is 14.0 Å². The van der Waals surface area contributed by atoms with Crippen LogP contribution in [0.15, 0.2) is 18.2 Å². The fourth-order valence-electron chi connectivity index (χ4n) is 2.63. The molecule has 1 saturated heterocycles. The van der Waals surface area contributed by atoms with Crippen molar-refractivity contribution in [3.63, 3.8) is 0 Å². The molecule has 2 amide bonds. The molecule has 21 heavy (non-hydrogen) atoms. The van der Waals surface area contributed by atoms with E-state index in [2.05, 4.69) is 5.32 Å². The Kier molecular flexibility index (Phi) is 4.16. The largest absolute Gasteiger partial charge is 0.480 e. The normalized spacial score (nSPS) is 22.0. The molecule has 2 rings (SSSR count). The highest BCUT2D eigenvalue weighted by atomic mass is 19.1. The number of carboxylic acid groups (broad SMARTS) is 1. The summed E-state index contributed by atoms with van der Waals surface area (Å²) < 4.78 is 13.8. The van der Waals surface area contributed by atoms with E-state index in [-0.39, 0.29) is 5.69 Å². The Morgan fingerprint density at radius 2 is 2.10 bits per heavy atom. The van der Waals surface area contributed by atoms with Crippen LogP contribution in [0.5, 0.6) is 0 Å². The molecule has 1 aromatic rings. The molecule has 5 nitrogen and oxygen atoms in total. The number of nitrogens with one attached hydrogen (secondary N) is 1. The smallest absolute Gasteiger partial charge is 0.329 e. The second kappa shape index (κ2) is 5.71. The third-order valence-electron chi connectivity index (χ3n) is 4.05. The molecule has 1 heterocycles. The van der Waals surface area contributed by atoms with E-state index < -0.39 is 23.4 Å².